The number of carbonyl (C=O) groups is 9. The second kappa shape index (κ2) is 24.3. The van der Waals surface area contributed by atoms with Crippen molar-refractivity contribution < 1.29 is 80.5 Å². The van der Waals surface area contributed by atoms with Crippen molar-refractivity contribution in [3.63, 3.8) is 0 Å². The smallest absolute Gasteiger partial charge is 0.382 e. The molecule has 3 aromatic rings. The van der Waals surface area contributed by atoms with Crippen LogP contribution in [-0.4, -0.2) is 179 Å². The maximum atomic E-state index is 14.5. The number of aromatic amines is 1. The molecule has 1 aromatic heterocycles. The minimum atomic E-state index is -4.06. The number of rotatable bonds is 23. The van der Waals surface area contributed by atoms with Crippen LogP contribution in [0, 0.1) is 0 Å². The lowest BCUT2D eigenvalue weighted by Gasteiger charge is -2.38. The fourth-order valence-electron chi connectivity index (χ4n) is 9.06. The first kappa shape index (κ1) is 54.0. The second-order valence-corrected chi connectivity index (χ2v) is 18.0. The molecule has 0 radical (unpaired) electrons. The molecule has 0 spiro atoms. The average molecular weight is 1040 g/mol. The quantitative estimate of drug-likeness (QED) is 0.0339. The number of aromatic nitrogens is 1. The first-order valence-electron chi connectivity index (χ1n) is 23.3. The Morgan fingerprint density at radius 2 is 1.58 bits per heavy atom. The number of fused-ring (bicyclic) bond motifs is 3. The highest BCUT2D eigenvalue weighted by Gasteiger charge is 2.47. The number of amides is 10. The minimum Gasteiger partial charge on any atom is -0.382 e. The highest BCUT2D eigenvalue weighted by Crippen LogP contribution is 2.42. The van der Waals surface area contributed by atoms with Crippen molar-refractivity contribution in [1.29, 1.82) is 0 Å². The molecule has 394 valence electrons. The molecule has 0 aliphatic carbocycles. The third-order valence-electron chi connectivity index (χ3n) is 12.5. The predicted molar refractivity (Wildman–Crippen MR) is 250 cm³/mol. The van der Waals surface area contributed by atoms with Crippen LogP contribution in [0.5, 0.6) is 0 Å². The number of anilines is 1. The van der Waals surface area contributed by atoms with Crippen LogP contribution in [-0.2, 0) is 48.8 Å². The van der Waals surface area contributed by atoms with Gasteiger partial charge >= 0.3 is 20.7 Å². The standard InChI is InChI=1S/C45H55F2N10O15P/c46-45(47,72-73(67)68)26-4-6-29-25(22-26)23-31(52-29)38(60)53-32-24-55(15-10-27-5-7-33(56(27)42(32)64)39(61)50-12-13-51-44(48)66)36(59)11-16-69-18-20-71-21-19-70-17-14-49-30-3-1-2-28-37(30)43(65)57(41(28)63)34-8-9-35(58)54-40(34)62/h1-4,6,22-23,27,32-34,49,52,67-68H,5,7-21,24H2,(H,50,61)(H,53,60)(H3,48,51,66)(H,54,58,62)/t27-,32+,33+,34?/m1/s1. The van der Waals surface area contributed by atoms with Gasteiger partial charge in [0.1, 0.15) is 23.8 Å². The number of urea groups is 1. The van der Waals surface area contributed by atoms with Gasteiger partial charge in [0.2, 0.25) is 29.5 Å². The first-order chi connectivity index (χ1) is 34.9. The zero-order chi connectivity index (χ0) is 52.4. The molecule has 4 atom stereocenters. The van der Waals surface area contributed by atoms with E-state index in [1.165, 1.54) is 28.0 Å². The van der Waals surface area contributed by atoms with Crippen molar-refractivity contribution in [3.8, 4) is 0 Å². The number of primary amides is 1. The van der Waals surface area contributed by atoms with E-state index in [1.54, 1.807) is 12.1 Å². The van der Waals surface area contributed by atoms with Crippen molar-refractivity contribution in [3.05, 3.63) is 64.8 Å². The van der Waals surface area contributed by atoms with Gasteiger partial charge in [-0.05, 0) is 62.1 Å². The fraction of sp³-hybridized carbons (Fsp3) is 0.489. The van der Waals surface area contributed by atoms with Crippen LogP contribution in [0.15, 0.2) is 42.5 Å². The zero-order valence-electron chi connectivity index (χ0n) is 39.2. The van der Waals surface area contributed by atoms with Gasteiger partial charge in [-0.1, -0.05) is 6.07 Å². The summed E-state index contributed by atoms with van der Waals surface area (Å²) in [5.41, 5.74) is 5.19. The van der Waals surface area contributed by atoms with Crippen molar-refractivity contribution in [2.45, 2.75) is 68.8 Å². The Morgan fingerprint density at radius 1 is 0.849 bits per heavy atom. The summed E-state index contributed by atoms with van der Waals surface area (Å²) in [6.45, 7) is 1.17. The number of benzene rings is 2. The highest BCUT2D eigenvalue weighted by molar-refractivity contribution is 7.39. The molecular formula is C45H55F2N10O15P. The van der Waals surface area contributed by atoms with Crippen LogP contribution in [0.2, 0.25) is 0 Å². The highest BCUT2D eigenvalue weighted by atomic mass is 31.2. The number of imide groups is 2. The second-order valence-electron chi connectivity index (χ2n) is 17.3. The number of hydrogen-bond donors (Lipinski definition) is 9. The van der Waals surface area contributed by atoms with Gasteiger partial charge in [-0.3, -0.25) is 48.6 Å². The van der Waals surface area contributed by atoms with E-state index < -0.39 is 91.8 Å². The largest absolute Gasteiger partial charge is 0.389 e. The third-order valence-corrected chi connectivity index (χ3v) is 12.9. The Labute approximate surface area is 416 Å². The lowest BCUT2D eigenvalue weighted by Crippen LogP contribution is -2.61. The molecule has 5 heterocycles. The zero-order valence-corrected chi connectivity index (χ0v) is 40.1. The molecule has 4 aliphatic heterocycles. The van der Waals surface area contributed by atoms with E-state index in [4.69, 9.17) is 29.7 Å². The number of halogens is 2. The van der Waals surface area contributed by atoms with Crippen LogP contribution in [0.25, 0.3) is 10.9 Å². The lowest BCUT2D eigenvalue weighted by molar-refractivity contribution is -0.189. The molecule has 0 bridgehead atoms. The van der Waals surface area contributed by atoms with Crippen LogP contribution in [0.1, 0.15) is 75.3 Å². The molecule has 7 rings (SSSR count). The molecule has 0 saturated carbocycles. The van der Waals surface area contributed by atoms with Gasteiger partial charge in [0.25, 0.3) is 17.7 Å². The lowest BCUT2D eigenvalue weighted by atomic mass is 10.0. The Bertz CT molecular complexity index is 2600. The fourth-order valence-corrected chi connectivity index (χ4v) is 9.37. The number of H-pyrrole nitrogens is 1. The summed E-state index contributed by atoms with van der Waals surface area (Å²) in [5.74, 6) is -4.73. The number of ether oxygens (including phenoxy) is 3. The number of piperidine rings is 1. The Morgan fingerprint density at radius 3 is 2.30 bits per heavy atom. The van der Waals surface area contributed by atoms with Crippen molar-refractivity contribution in [2.75, 3.05) is 77.7 Å². The number of nitrogens with one attached hydrogen (secondary N) is 6. The Kier molecular flexibility index (Phi) is 18.0. The molecule has 3 fully saturated rings. The number of hydrogen-bond acceptors (Lipinski definition) is 16. The topological polar surface area (TPSA) is 343 Å². The molecular weight excluding hydrogens is 990 g/mol. The molecule has 4 aliphatic rings. The maximum Gasteiger partial charge on any atom is 0.389 e. The summed E-state index contributed by atoms with van der Waals surface area (Å²) in [5, 5.41) is 13.1. The SMILES string of the molecule is NC(=O)NCCNC(=O)[C@@H]1CC[C@@H]2CCN(C(=O)CCOCCOCCOCCNc3cccc4c3C(=O)N(C3CCC(=O)NC3=O)C4=O)C[C@H](NC(=O)c3cc4cc(C(F)(F)OP(O)O)ccc4[nH]3)C(=O)N21. The Hall–Kier alpha value is -6.74. The third kappa shape index (κ3) is 13.3. The molecule has 1 unspecified atom stereocenters. The van der Waals surface area contributed by atoms with Gasteiger partial charge in [0.05, 0.1) is 62.8 Å². The van der Waals surface area contributed by atoms with Gasteiger partial charge in [0.15, 0.2) is 0 Å². The van der Waals surface area contributed by atoms with E-state index >= 15 is 0 Å². The van der Waals surface area contributed by atoms with E-state index in [-0.39, 0.29) is 132 Å². The van der Waals surface area contributed by atoms with Gasteiger partial charge in [-0.2, -0.15) is 8.78 Å². The van der Waals surface area contributed by atoms with Crippen molar-refractivity contribution in [2.24, 2.45) is 5.73 Å². The molecule has 2 aromatic carbocycles. The molecule has 25 nitrogen and oxygen atoms in total. The summed E-state index contributed by atoms with van der Waals surface area (Å²) in [6.07, 6.45) is -3.07. The first-order valence-corrected chi connectivity index (χ1v) is 24.5. The predicted octanol–water partition coefficient (Wildman–Crippen LogP) is -0.127. The number of nitrogens with zero attached hydrogens (tertiary/aromatic N) is 3. The van der Waals surface area contributed by atoms with Crippen molar-refractivity contribution in [1.82, 2.24) is 41.0 Å². The van der Waals surface area contributed by atoms with Gasteiger partial charge in [0, 0.05) is 61.8 Å². The summed E-state index contributed by atoms with van der Waals surface area (Å²) in [4.78, 5) is 141. The van der Waals surface area contributed by atoms with E-state index in [9.17, 15) is 51.9 Å². The number of carbonyl (C=O) groups excluding carboxylic acids is 9. The summed E-state index contributed by atoms with van der Waals surface area (Å²) >= 11 is 0. The molecule has 10 amide bonds. The minimum absolute atomic E-state index is 0.00373. The van der Waals surface area contributed by atoms with Crippen LogP contribution < -0.4 is 32.3 Å². The average Bonchev–Trinajstić information content (AvgIpc) is 4.04. The number of alkyl halides is 2. The van der Waals surface area contributed by atoms with Gasteiger partial charge < -0.3 is 65.8 Å². The molecule has 28 heteroatoms. The normalized spacial score (nSPS) is 20.2. The van der Waals surface area contributed by atoms with Gasteiger partial charge in [-0.15, -0.1) is 0 Å². The van der Waals surface area contributed by atoms with Crippen LogP contribution in [0.4, 0.5) is 19.3 Å². The Balaban J connectivity index is 0.867. The molecule has 3 saturated heterocycles. The summed E-state index contributed by atoms with van der Waals surface area (Å²) < 4.78 is 49.8. The van der Waals surface area contributed by atoms with E-state index in [0.717, 1.165) is 17.0 Å². The van der Waals surface area contributed by atoms with Crippen LogP contribution >= 0.6 is 8.60 Å². The van der Waals surface area contributed by atoms with E-state index in [0.29, 0.717) is 18.5 Å². The summed E-state index contributed by atoms with van der Waals surface area (Å²) in [6, 6.07) is 4.56. The molecule has 10 N–H and O–H groups in total. The monoisotopic (exact) mass is 1040 g/mol. The van der Waals surface area contributed by atoms with Crippen molar-refractivity contribution >= 4 is 78.5 Å². The van der Waals surface area contributed by atoms with E-state index in [2.05, 4.69) is 36.1 Å². The van der Waals surface area contributed by atoms with E-state index in [1.807, 2.05) is 0 Å². The van der Waals surface area contributed by atoms with Crippen LogP contribution in [0.3, 0.4) is 0 Å². The summed E-state index contributed by atoms with van der Waals surface area (Å²) in [7, 11) is -3.40. The van der Waals surface area contributed by atoms with Gasteiger partial charge in [-0.25, -0.2) is 9.32 Å². The maximum absolute atomic E-state index is 14.5. The molecule has 73 heavy (non-hydrogen) atoms. The number of nitrogens with two attached hydrogens (primary N) is 1.